The Bertz CT molecular complexity index is 957. The normalized spacial score (nSPS) is 13.1. The number of fused-ring (bicyclic) bond motifs is 1. The number of anilines is 1. The van der Waals surface area contributed by atoms with Crippen LogP contribution in [0.4, 0.5) is 5.95 Å². The molecule has 0 saturated carbocycles. The average molecular weight is 383 g/mol. The summed E-state index contributed by atoms with van der Waals surface area (Å²) in [6.07, 6.45) is 0. The third-order valence-electron chi connectivity index (χ3n) is 3.74. The summed E-state index contributed by atoms with van der Waals surface area (Å²) in [5, 5.41) is 13.2. The van der Waals surface area contributed by atoms with Crippen LogP contribution in [0.2, 0.25) is 10.0 Å². The first-order valence-corrected chi connectivity index (χ1v) is 7.87. The standard InChI is InChI=1S/C15H12Cl2N4O4/c1-20-10(22)6-21-14(25)12(23)11(19-15(20)21)13(24)18-5-7-2-3-8(16)9(17)4-7/h2-4,23H,5-6H2,1H3,(H,18,24). The quantitative estimate of drug-likeness (QED) is 0.828. The zero-order valence-electron chi connectivity index (χ0n) is 12.9. The molecule has 2 aromatic rings. The van der Waals surface area contributed by atoms with E-state index in [1.54, 1.807) is 18.2 Å². The van der Waals surface area contributed by atoms with Gasteiger partial charge in [0.05, 0.1) is 10.0 Å². The van der Waals surface area contributed by atoms with Crippen LogP contribution in [0, 0.1) is 0 Å². The molecule has 1 aromatic carbocycles. The molecule has 0 radical (unpaired) electrons. The predicted octanol–water partition coefficient (Wildman–Crippen LogP) is 1.16. The van der Waals surface area contributed by atoms with Crippen LogP contribution in [0.1, 0.15) is 16.1 Å². The Hall–Kier alpha value is -2.58. The van der Waals surface area contributed by atoms with Crippen molar-refractivity contribution < 1.29 is 14.7 Å². The van der Waals surface area contributed by atoms with Gasteiger partial charge in [0.15, 0.2) is 5.69 Å². The summed E-state index contributed by atoms with van der Waals surface area (Å²) in [6, 6.07) is 4.84. The van der Waals surface area contributed by atoms with Crippen molar-refractivity contribution in [2.45, 2.75) is 13.1 Å². The Balaban J connectivity index is 1.85. The topological polar surface area (TPSA) is 105 Å². The second-order valence-corrected chi connectivity index (χ2v) is 6.20. The first kappa shape index (κ1) is 17.2. The molecule has 3 rings (SSSR count). The van der Waals surface area contributed by atoms with Crippen molar-refractivity contribution in [3.8, 4) is 5.75 Å². The molecule has 8 nitrogen and oxygen atoms in total. The van der Waals surface area contributed by atoms with Crippen LogP contribution in [-0.2, 0) is 17.9 Å². The minimum atomic E-state index is -0.845. The number of nitrogens with one attached hydrogen (secondary N) is 1. The van der Waals surface area contributed by atoms with Crippen LogP contribution in [0.3, 0.4) is 0 Å². The van der Waals surface area contributed by atoms with Gasteiger partial charge in [0.2, 0.25) is 17.6 Å². The highest BCUT2D eigenvalue weighted by Gasteiger charge is 2.31. The number of nitrogens with zero attached hydrogens (tertiary/aromatic N) is 3. The Morgan fingerprint density at radius 2 is 2.04 bits per heavy atom. The molecule has 0 spiro atoms. The zero-order chi connectivity index (χ0) is 18.3. The molecule has 10 heteroatoms. The van der Waals surface area contributed by atoms with Gasteiger partial charge in [0, 0.05) is 13.6 Å². The number of carbonyl (C=O) groups is 2. The molecular weight excluding hydrogens is 371 g/mol. The predicted molar refractivity (Wildman–Crippen MR) is 91.2 cm³/mol. The van der Waals surface area contributed by atoms with E-state index < -0.39 is 22.9 Å². The molecule has 0 unspecified atom stereocenters. The third-order valence-corrected chi connectivity index (χ3v) is 4.48. The van der Waals surface area contributed by atoms with Gasteiger partial charge in [-0.1, -0.05) is 29.3 Å². The van der Waals surface area contributed by atoms with E-state index in [0.29, 0.717) is 15.6 Å². The summed E-state index contributed by atoms with van der Waals surface area (Å²) in [6.45, 7) is -0.138. The van der Waals surface area contributed by atoms with E-state index in [0.717, 1.165) is 9.47 Å². The van der Waals surface area contributed by atoms with Gasteiger partial charge in [-0.25, -0.2) is 4.98 Å². The first-order chi connectivity index (χ1) is 11.8. The lowest BCUT2D eigenvalue weighted by Crippen LogP contribution is -2.29. The molecule has 0 aliphatic carbocycles. The number of halogens is 2. The second kappa shape index (κ2) is 6.38. The molecule has 1 aliphatic heterocycles. The Morgan fingerprint density at radius 1 is 1.32 bits per heavy atom. The number of hydrogen-bond acceptors (Lipinski definition) is 5. The van der Waals surface area contributed by atoms with Crippen LogP contribution >= 0.6 is 23.2 Å². The highest BCUT2D eigenvalue weighted by Crippen LogP contribution is 2.23. The van der Waals surface area contributed by atoms with Crippen LogP contribution in [0.25, 0.3) is 0 Å². The molecule has 0 fully saturated rings. The number of carbonyl (C=O) groups excluding carboxylic acids is 2. The van der Waals surface area contributed by atoms with E-state index in [9.17, 15) is 19.5 Å². The lowest BCUT2D eigenvalue weighted by Gasteiger charge is -2.11. The maximum Gasteiger partial charge on any atom is 0.298 e. The van der Waals surface area contributed by atoms with Gasteiger partial charge in [0.25, 0.3) is 11.5 Å². The van der Waals surface area contributed by atoms with Crippen LogP contribution in [0.5, 0.6) is 5.75 Å². The van der Waals surface area contributed by atoms with E-state index >= 15 is 0 Å². The van der Waals surface area contributed by atoms with Gasteiger partial charge < -0.3 is 10.4 Å². The minimum absolute atomic E-state index is 0.00693. The van der Waals surface area contributed by atoms with Crippen molar-refractivity contribution in [3.05, 3.63) is 49.9 Å². The maximum absolute atomic E-state index is 12.3. The molecule has 2 N–H and O–H groups in total. The number of amides is 2. The summed E-state index contributed by atoms with van der Waals surface area (Å²) in [5.74, 6) is -1.92. The molecule has 25 heavy (non-hydrogen) atoms. The van der Waals surface area contributed by atoms with Gasteiger partial charge in [-0.3, -0.25) is 23.9 Å². The van der Waals surface area contributed by atoms with Crippen molar-refractivity contribution in [1.82, 2.24) is 14.9 Å². The fraction of sp³-hybridized carbons (Fsp3) is 0.200. The van der Waals surface area contributed by atoms with E-state index in [4.69, 9.17) is 23.2 Å². The van der Waals surface area contributed by atoms with Crippen molar-refractivity contribution >= 4 is 41.0 Å². The molecular formula is C15H12Cl2N4O4. The molecule has 1 aliphatic rings. The fourth-order valence-electron chi connectivity index (χ4n) is 2.36. The Morgan fingerprint density at radius 3 is 2.72 bits per heavy atom. The molecule has 1 aromatic heterocycles. The van der Waals surface area contributed by atoms with Gasteiger partial charge >= 0.3 is 0 Å². The lowest BCUT2D eigenvalue weighted by molar-refractivity contribution is -0.117. The smallest absolute Gasteiger partial charge is 0.298 e. The number of likely N-dealkylation sites (N-methyl/N-ethyl adjacent to an activating group) is 1. The van der Waals surface area contributed by atoms with Crippen LogP contribution < -0.4 is 15.8 Å². The molecule has 130 valence electrons. The summed E-state index contributed by atoms with van der Waals surface area (Å²) >= 11 is 11.7. The monoisotopic (exact) mass is 382 g/mol. The minimum Gasteiger partial charge on any atom is -0.501 e. The zero-order valence-corrected chi connectivity index (χ0v) is 14.4. The lowest BCUT2D eigenvalue weighted by atomic mass is 10.2. The molecule has 2 amide bonds. The largest absolute Gasteiger partial charge is 0.501 e. The average Bonchev–Trinajstić information content (AvgIpc) is 2.87. The Labute approximate surface area is 151 Å². The number of rotatable bonds is 3. The highest BCUT2D eigenvalue weighted by molar-refractivity contribution is 6.42. The fourth-order valence-corrected chi connectivity index (χ4v) is 2.68. The van der Waals surface area contributed by atoms with Crippen LogP contribution in [-0.4, -0.2) is 33.5 Å². The molecule has 0 atom stereocenters. The summed E-state index contributed by atoms with van der Waals surface area (Å²) in [4.78, 5) is 41.2. The maximum atomic E-state index is 12.3. The summed E-state index contributed by atoms with van der Waals surface area (Å²) in [7, 11) is 1.43. The van der Waals surface area contributed by atoms with Gasteiger partial charge in [-0.15, -0.1) is 0 Å². The number of aromatic nitrogens is 2. The van der Waals surface area contributed by atoms with E-state index in [1.807, 2.05) is 0 Å². The van der Waals surface area contributed by atoms with E-state index in [1.165, 1.54) is 7.05 Å². The number of aromatic hydroxyl groups is 1. The number of hydrogen-bond donors (Lipinski definition) is 2. The molecule has 2 heterocycles. The Kier molecular flexibility index (Phi) is 4.40. The van der Waals surface area contributed by atoms with Gasteiger partial charge in [0.1, 0.15) is 6.54 Å². The summed E-state index contributed by atoms with van der Waals surface area (Å²) in [5.41, 5.74) is -0.618. The number of benzene rings is 1. The van der Waals surface area contributed by atoms with Crippen molar-refractivity contribution in [2.24, 2.45) is 0 Å². The van der Waals surface area contributed by atoms with Crippen molar-refractivity contribution in [1.29, 1.82) is 0 Å². The first-order valence-electron chi connectivity index (χ1n) is 7.12. The van der Waals surface area contributed by atoms with Gasteiger partial charge in [-0.05, 0) is 17.7 Å². The third kappa shape index (κ3) is 3.06. The van der Waals surface area contributed by atoms with E-state index in [-0.39, 0.29) is 24.9 Å². The van der Waals surface area contributed by atoms with Gasteiger partial charge in [-0.2, -0.15) is 0 Å². The van der Waals surface area contributed by atoms with Crippen molar-refractivity contribution in [3.63, 3.8) is 0 Å². The SMILES string of the molecule is CN1C(=O)Cn2c1nc(C(=O)NCc1ccc(Cl)c(Cl)c1)c(O)c2=O. The molecule has 0 bridgehead atoms. The summed E-state index contributed by atoms with van der Waals surface area (Å²) < 4.78 is 1.01. The van der Waals surface area contributed by atoms with E-state index in [2.05, 4.69) is 10.3 Å². The van der Waals surface area contributed by atoms with Crippen LogP contribution in [0.15, 0.2) is 23.0 Å². The second-order valence-electron chi connectivity index (χ2n) is 5.38. The van der Waals surface area contributed by atoms with Crippen molar-refractivity contribution in [2.75, 3.05) is 11.9 Å². The molecule has 0 saturated heterocycles. The highest BCUT2D eigenvalue weighted by atomic mass is 35.5.